The van der Waals surface area contributed by atoms with E-state index < -0.39 is 0 Å². The number of rotatable bonds is 5. The van der Waals surface area contributed by atoms with Crippen LogP contribution in [0.2, 0.25) is 5.02 Å². The molecule has 0 saturated heterocycles. The zero-order valence-electron chi connectivity index (χ0n) is 10.2. The van der Waals surface area contributed by atoms with Gasteiger partial charge in [-0.1, -0.05) is 18.5 Å². The molecule has 90 valence electrons. The van der Waals surface area contributed by atoms with Crippen LogP contribution in [-0.4, -0.2) is 12.1 Å². The van der Waals surface area contributed by atoms with Crippen LogP contribution < -0.4 is 10.5 Å². The molecule has 0 aromatic heterocycles. The summed E-state index contributed by atoms with van der Waals surface area (Å²) in [5.74, 6) is 0.899. The molecular weight excluding hydrogens is 222 g/mol. The highest BCUT2D eigenvalue weighted by Gasteiger charge is 2.09. The molecule has 0 fully saturated rings. The maximum atomic E-state index is 5.97. The van der Waals surface area contributed by atoms with Crippen molar-refractivity contribution < 1.29 is 4.74 Å². The van der Waals surface area contributed by atoms with Crippen LogP contribution in [0.25, 0.3) is 0 Å². The van der Waals surface area contributed by atoms with Crippen molar-refractivity contribution in [2.75, 3.05) is 0 Å². The Morgan fingerprint density at radius 2 is 2.06 bits per heavy atom. The van der Waals surface area contributed by atoms with Gasteiger partial charge >= 0.3 is 0 Å². The van der Waals surface area contributed by atoms with Crippen LogP contribution in [0.3, 0.4) is 0 Å². The normalized spacial score (nSPS) is 14.6. The lowest BCUT2D eigenvalue weighted by Crippen LogP contribution is -2.19. The Morgan fingerprint density at radius 1 is 1.38 bits per heavy atom. The lowest BCUT2D eigenvalue weighted by molar-refractivity contribution is 0.215. The molecule has 2 atom stereocenters. The van der Waals surface area contributed by atoms with Gasteiger partial charge in [0.1, 0.15) is 5.75 Å². The second-order valence-corrected chi connectivity index (χ2v) is 4.71. The van der Waals surface area contributed by atoms with Gasteiger partial charge in [0.15, 0.2) is 0 Å². The molecule has 1 aromatic rings. The van der Waals surface area contributed by atoms with Gasteiger partial charge in [-0.15, -0.1) is 0 Å². The molecule has 0 aliphatic heterocycles. The number of halogens is 1. The van der Waals surface area contributed by atoms with Gasteiger partial charge in [-0.25, -0.2) is 0 Å². The molecular formula is C13H20ClNO. The lowest BCUT2D eigenvalue weighted by atomic mass is 10.1. The average molecular weight is 242 g/mol. The van der Waals surface area contributed by atoms with Crippen LogP contribution in [0.15, 0.2) is 18.2 Å². The van der Waals surface area contributed by atoms with Gasteiger partial charge in [-0.3, -0.25) is 0 Å². The first-order valence-electron chi connectivity index (χ1n) is 5.73. The molecule has 0 aliphatic rings. The molecule has 0 heterocycles. The second kappa shape index (κ2) is 6.12. The van der Waals surface area contributed by atoms with Gasteiger partial charge in [0.05, 0.1) is 6.10 Å². The van der Waals surface area contributed by atoms with E-state index >= 15 is 0 Å². The highest BCUT2D eigenvalue weighted by molar-refractivity contribution is 6.30. The predicted molar refractivity (Wildman–Crippen MR) is 69.2 cm³/mol. The fourth-order valence-electron chi connectivity index (χ4n) is 1.47. The first kappa shape index (κ1) is 13.3. The number of benzene rings is 1. The van der Waals surface area contributed by atoms with Crippen molar-refractivity contribution in [3.05, 3.63) is 28.8 Å². The van der Waals surface area contributed by atoms with Crippen molar-refractivity contribution in [2.45, 2.75) is 45.8 Å². The summed E-state index contributed by atoms with van der Waals surface area (Å²) in [6.07, 6.45) is 1.99. The van der Waals surface area contributed by atoms with Gasteiger partial charge in [0.2, 0.25) is 0 Å². The topological polar surface area (TPSA) is 35.2 Å². The SMILES string of the molecule is CCC(C)Oc1ccc(Cl)cc1CC(C)N. The lowest BCUT2D eigenvalue weighted by Gasteiger charge is -2.17. The van der Waals surface area contributed by atoms with E-state index in [1.807, 2.05) is 25.1 Å². The van der Waals surface area contributed by atoms with E-state index in [0.29, 0.717) is 0 Å². The van der Waals surface area contributed by atoms with E-state index in [-0.39, 0.29) is 12.1 Å². The molecule has 0 amide bonds. The van der Waals surface area contributed by atoms with Gasteiger partial charge < -0.3 is 10.5 Å². The average Bonchev–Trinajstić information content (AvgIpc) is 2.21. The maximum absolute atomic E-state index is 5.97. The summed E-state index contributed by atoms with van der Waals surface area (Å²) in [6.45, 7) is 6.14. The van der Waals surface area contributed by atoms with Crippen molar-refractivity contribution in [3.8, 4) is 5.75 Å². The Labute approximate surface area is 103 Å². The fourth-order valence-corrected chi connectivity index (χ4v) is 1.66. The van der Waals surface area contributed by atoms with E-state index in [1.165, 1.54) is 0 Å². The third-order valence-corrected chi connectivity index (χ3v) is 2.70. The quantitative estimate of drug-likeness (QED) is 0.858. The van der Waals surface area contributed by atoms with Crippen molar-refractivity contribution in [3.63, 3.8) is 0 Å². The largest absolute Gasteiger partial charge is 0.490 e. The number of ether oxygens (including phenoxy) is 1. The molecule has 0 saturated carbocycles. The minimum atomic E-state index is 0.109. The van der Waals surface area contributed by atoms with Gasteiger partial charge in [-0.05, 0) is 50.5 Å². The molecule has 0 bridgehead atoms. The van der Waals surface area contributed by atoms with Crippen LogP contribution >= 0.6 is 11.6 Å². The number of nitrogens with two attached hydrogens (primary N) is 1. The highest BCUT2D eigenvalue weighted by Crippen LogP contribution is 2.25. The first-order chi connectivity index (χ1) is 7.52. The Morgan fingerprint density at radius 3 is 2.62 bits per heavy atom. The van der Waals surface area contributed by atoms with Crippen LogP contribution in [-0.2, 0) is 6.42 Å². The summed E-state index contributed by atoms with van der Waals surface area (Å²) < 4.78 is 5.84. The zero-order chi connectivity index (χ0) is 12.1. The first-order valence-corrected chi connectivity index (χ1v) is 6.11. The smallest absolute Gasteiger partial charge is 0.123 e. The van der Waals surface area contributed by atoms with Crippen molar-refractivity contribution in [1.29, 1.82) is 0 Å². The van der Waals surface area contributed by atoms with Crippen LogP contribution in [0, 0.1) is 0 Å². The molecule has 16 heavy (non-hydrogen) atoms. The van der Waals surface area contributed by atoms with Crippen molar-refractivity contribution in [1.82, 2.24) is 0 Å². The van der Waals surface area contributed by atoms with E-state index in [1.54, 1.807) is 0 Å². The summed E-state index contributed by atoms with van der Waals surface area (Å²) in [5.41, 5.74) is 6.89. The third kappa shape index (κ3) is 4.03. The molecule has 1 rings (SSSR count). The minimum Gasteiger partial charge on any atom is -0.490 e. The molecule has 2 N–H and O–H groups in total. The minimum absolute atomic E-state index is 0.109. The Balaban J connectivity index is 2.88. The Hall–Kier alpha value is -0.730. The summed E-state index contributed by atoms with van der Waals surface area (Å²) in [4.78, 5) is 0. The second-order valence-electron chi connectivity index (χ2n) is 4.27. The molecule has 0 radical (unpaired) electrons. The molecule has 0 spiro atoms. The van der Waals surface area contributed by atoms with Crippen LogP contribution in [0.5, 0.6) is 5.75 Å². The van der Waals surface area contributed by atoms with Crippen molar-refractivity contribution in [2.24, 2.45) is 5.73 Å². The zero-order valence-corrected chi connectivity index (χ0v) is 10.9. The van der Waals surface area contributed by atoms with Crippen molar-refractivity contribution >= 4 is 11.6 Å². The number of hydrogen-bond acceptors (Lipinski definition) is 2. The maximum Gasteiger partial charge on any atom is 0.123 e. The summed E-state index contributed by atoms with van der Waals surface area (Å²) in [7, 11) is 0. The van der Waals surface area contributed by atoms with E-state index in [9.17, 15) is 0 Å². The van der Waals surface area contributed by atoms with E-state index in [0.717, 1.165) is 29.2 Å². The number of hydrogen-bond donors (Lipinski definition) is 1. The Bertz CT molecular complexity index is 339. The molecule has 0 aliphatic carbocycles. The van der Waals surface area contributed by atoms with Crippen LogP contribution in [0.1, 0.15) is 32.8 Å². The van der Waals surface area contributed by atoms with E-state index in [4.69, 9.17) is 22.1 Å². The fraction of sp³-hybridized carbons (Fsp3) is 0.538. The van der Waals surface area contributed by atoms with E-state index in [2.05, 4.69) is 13.8 Å². The highest BCUT2D eigenvalue weighted by atomic mass is 35.5. The molecule has 3 heteroatoms. The summed E-state index contributed by atoms with van der Waals surface area (Å²) >= 11 is 5.97. The third-order valence-electron chi connectivity index (χ3n) is 2.47. The van der Waals surface area contributed by atoms with Crippen LogP contribution in [0.4, 0.5) is 0 Å². The van der Waals surface area contributed by atoms with Gasteiger partial charge in [0, 0.05) is 11.1 Å². The standard InChI is InChI=1S/C13H20ClNO/c1-4-10(3)16-13-6-5-12(14)8-11(13)7-9(2)15/h5-6,8-10H,4,7,15H2,1-3H3. The molecule has 2 nitrogen and oxygen atoms in total. The predicted octanol–water partition coefficient (Wildman–Crippen LogP) is 3.41. The summed E-state index contributed by atoms with van der Waals surface area (Å²) in [6, 6.07) is 5.82. The monoisotopic (exact) mass is 241 g/mol. The molecule has 1 aromatic carbocycles. The summed E-state index contributed by atoms with van der Waals surface area (Å²) in [5, 5.41) is 0.729. The van der Waals surface area contributed by atoms with Gasteiger partial charge in [0.25, 0.3) is 0 Å². The van der Waals surface area contributed by atoms with Gasteiger partial charge in [-0.2, -0.15) is 0 Å². The molecule has 2 unspecified atom stereocenters. The Kier molecular flexibility index (Phi) is 5.10.